The first-order valence-electron chi connectivity index (χ1n) is 6.26. The highest BCUT2D eigenvalue weighted by atomic mass is 35.5. The molecular formula is C14H11Cl2N3O3S. The van der Waals surface area contributed by atoms with Crippen molar-refractivity contribution >= 4 is 57.6 Å². The molecule has 0 heterocycles. The van der Waals surface area contributed by atoms with Gasteiger partial charge in [0, 0.05) is 17.2 Å². The molecule has 0 aliphatic carbocycles. The lowest BCUT2D eigenvalue weighted by Gasteiger charge is -2.14. The summed E-state index contributed by atoms with van der Waals surface area (Å²) in [6, 6.07) is 9.10. The summed E-state index contributed by atoms with van der Waals surface area (Å²) in [6.45, 7) is 0. The van der Waals surface area contributed by atoms with Gasteiger partial charge in [-0.3, -0.25) is 10.1 Å². The molecule has 2 rings (SSSR count). The van der Waals surface area contributed by atoms with Gasteiger partial charge in [-0.1, -0.05) is 23.2 Å². The second-order valence-electron chi connectivity index (χ2n) is 4.34. The van der Waals surface area contributed by atoms with Crippen LogP contribution in [0.1, 0.15) is 0 Å². The van der Waals surface area contributed by atoms with Crippen LogP contribution in [0.3, 0.4) is 0 Å². The Bertz CT molecular complexity index is 771. The average Bonchev–Trinajstić information content (AvgIpc) is 2.49. The monoisotopic (exact) mass is 371 g/mol. The Labute approximate surface area is 147 Å². The highest BCUT2D eigenvalue weighted by molar-refractivity contribution is 7.80. The maximum atomic E-state index is 10.7. The number of halogens is 2. The van der Waals surface area contributed by atoms with Crippen molar-refractivity contribution in [3.05, 3.63) is 56.6 Å². The Morgan fingerprint density at radius 2 is 1.87 bits per heavy atom. The van der Waals surface area contributed by atoms with Gasteiger partial charge < -0.3 is 15.4 Å². The number of nitrogens with one attached hydrogen (secondary N) is 2. The van der Waals surface area contributed by atoms with E-state index in [1.54, 1.807) is 18.2 Å². The van der Waals surface area contributed by atoms with E-state index in [4.69, 9.17) is 40.2 Å². The van der Waals surface area contributed by atoms with Crippen LogP contribution < -0.4 is 15.4 Å². The molecule has 0 fully saturated rings. The molecule has 2 aromatic rings. The van der Waals surface area contributed by atoms with Crippen molar-refractivity contribution in [3.8, 4) is 5.75 Å². The van der Waals surface area contributed by atoms with Gasteiger partial charge in [0.15, 0.2) is 5.11 Å². The molecule has 0 aliphatic rings. The lowest BCUT2D eigenvalue weighted by atomic mass is 10.3. The molecule has 9 heteroatoms. The molecule has 2 aromatic carbocycles. The van der Waals surface area contributed by atoms with Crippen LogP contribution in [0.15, 0.2) is 36.4 Å². The smallest absolute Gasteiger partial charge is 0.271 e. The number of ether oxygens (including phenoxy) is 1. The summed E-state index contributed by atoms with van der Waals surface area (Å²) in [5, 5.41) is 17.4. The number of nitro groups is 1. The summed E-state index contributed by atoms with van der Waals surface area (Å²) >= 11 is 17.1. The predicted molar refractivity (Wildman–Crippen MR) is 96.0 cm³/mol. The number of rotatable bonds is 4. The van der Waals surface area contributed by atoms with Crippen molar-refractivity contribution < 1.29 is 9.66 Å². The van der Waals surface area contributed by atoms with Gasteiger partial charge in [0.05, 0.1) is 28.4 Å². The number of nitrogens with zero attached hydrogens (tertiary/aromatic N) is 1. The molecule has 0 radical (unpaired) electrons. The number of thiocarbonyl (C=S) groups is 1. The molecule has 2 N–H and O–H groups in total. The van der Waals surface area contributed by atoms with E-state index in [0.29, 0.717) is 22.1 Å². The van der Waals surface area contributed by atoms with Gasteiger partial charge in [-0.2, -0.15) is 0 Å². The van der Waals surface area contributed by atoms with Gasteiger partial charge >= 0.3 is 0 Å². The van der Waals surface area contributed by atoms with E-state index in [0.717, 1.165) is 0 Å². The van der Waals surface area contributed by atoms with Gasteiger partial charge in [-0.25, -0.2) is 0 Å². The van der Waals surface area contributed by atoms with Crippen molar-refractivity contribution in [3.63, 3.8) is 0 Å². The van der Waals surface area contributed by atoms with Crippen molar-refractivity contribution in [2.75, 3.05) is 17.7 Å². The molecule has 6 nitrogen and oxygen atoms in total. The normalized spacial score (nSPS) is 10.0. The topological polar surface area (TPSA) is 76.4 Å². The maximum Gasteiger partial charge on any atom is 0.271 e. The maximum absolute atomic E-state index is 10.7. The van der Waals surface area contributed by atoms with Gasteiger partial charge in [0.2, 0.25) is 0 Å². The Morgan fingerprint density at radius 3 is 2.48 bits per heavy atom. The van der Waals surface area contributed by atoms with Gasteiger partial charge in [0.1, 0.15) is 5.75 Å². The van der Waals surface area contributed by atoms with Crippen LogP contribution in [0.5, 0.6) is 5.75 Å². The van der Waals surface area contributed by atoms with E-state index >= 15 is 0 Å². The number of hydrogen-bond acceptors (Lipinski definition) is 4. The van der Waals surface area contributed by atoms with Crippen molar-refractivity contribution in [1.29, 1.82) is 0 Å². The molecule has 0 amide bonds. The fraction of sp³-hybridized carbons (Fsp3) is 0.0714. The van der Waals surface area contributed by atoms with Crippen LogP contribution in [-0.2, 0) is 0 Å². The lowest BCUT2D eigenvalue weighted by Crippen LogP contribution is -2.19. The van der Waals surface area contributed by atoms with Crippen molar-refractivity contribution in [2.24, 2.45) is 0 Å². The molecule has 0 saturated heterocycles. The standard InChI is InChI=1S/C14H11Cl2N3O3S/c1-22-13-5-2-8(15)6-12(13)18-14(23)17-11-4-3-9(19(20)21)7-10(11)16/h2-7H,1H3,(H2,17,18,23). The number of benzene rings is 2. The van der Waals surface area contributed by atoms with Gasteiger partial charge in [-0.15, -0.1) is 0 Å². The molecule has 0 atom stereocenters. The van der Waals surface area contributed by atoms with Crippen LogP contribution in [0.2, 0.25) is 10.0 Å². The van der Waals surface area contributed by atoms with Crippen LogP contribution in [0.25, 0.3) is 0 Å². The zero-order valence-electron chi connectivity index (χ0n) is 11.8. The van der Waals surface area contributed by atoms with E-state index in [1.807, 2.05) is 0 Å². The molecule has 0 bridgehead atoms. The molecule has 0 aliphatic heterocycles. The molecule has 23 heavy (non-hydrogen) atoms. The number of nitro benzene ring substituents is 1. The van der Waals surface area contributed by atoms with Gasteiger partial charge in [0.25, 0.3) is 5.69 Å². The highest BCUT2D eigenvalue weighted by Gasteiger charge is 2.11. The van der Waals surface area contributed by atoms with E-state index in [1.165, 1.54) is 25.3 Å². The second-order valence-corrected chi connectivity index (χ2v) is 5.60. The third kappa shape index (κ3) is 4.44. The first-order valence-corrected chi connectivity index (χ1v) is 7.42. The largest absolute Gasteiger partial charge is 0.495 e. The third-order valence-corrected chi connectivity index (χ3v) is 3.57. The predicted octanol–water partition coefficient (Wildman–Crippen LogP) is 4.72. The Morgan fingerprint density at radius 1 is 1.17 bits per heavy atom. The van der Waals surface area contributed by atoms with E-state index in [9.17, 15) is 10.1 Å². The van der Waals surface area contributed by atoms with Gasteiger partial charge in [-0.05, 0) is 36.5 Å². The van der Waals surface area contributed by atoms with Crippen LogP contribution in [0, 0.1) is 10.1 Å². The summed E-state index contributed by atoms with van der Waals surface area (Å²) in [7, 11) is 1.53. The van der Waals surface area contributed by atoms with Crippen LogP contribution in [0.4, 0.5) is 17.1 Å². The summed E-state index contributed by atoms with van der Waals surface area (Å²) in [5.41, 5.74) is 0.919. The summed E-state index contributed by atoms with van der Waals surface area (Å²) < 4.78 is 5.21. The highest BCUT2D eigenvalue weighted by Crippen LogP contribution is 2.29. The Balaban J connectivity index is 2.14. The number of anilines is 2. The zero-order valence-corrected chi connectivity index (χ0v) is 14.1. The average molecular weight is 372 g/mol. The molecule has 0 unspecified atom stereocenters. The summed E-state index contributed by atoms with van der Waals surface area (Å²) in [5.74, 6) is 0.563. The minimum absolute atomic E-state index is 0.101. The first kappa shape index (κ1) is 17.3. The SMILES string of the molecule is COc1ccc(Cl)cc1NC(=S)Nc1ccc([N+](=O)[O-])cc1Cl. The fourth-order valence-electron chi connectivity index (χ4n) is 1.77. The van der Waals surface area contributed by atoms with E-state index in [2.05, 4.69) is 10.6 Å². The summed E-state index contributed by atoms with van der Waals surface area (Å²) in [4.78, 5) is 10.2. The number of non-ortho nitro benzene ring substituents is 1. The van der Waals surface area contributed by atoms with Crippen molar-refractivity contribution in [2.45, 2.75) is 0 Å². The molecular weight excluding hydrogens is 361 g/mol. The second kappa shape index (κ2) is 7.45. The van der Waals surface area contributed by atoms with Crippen LogP contribution >= 0.6 is 35.4 Å². The minimum atomic E-state index is -0.525. The molecule has 0 aromatic heterocycles. The zero-order chi connectivity index (χ0) is 17.0. The van der Waals surface area contributed by atoms with Crippen LogP contribution in [-0.4, -0.2) is 17.1 Å². The first-order chi connectivity index (χ1) is 10.9. The Kier molecular flexibility index (Phi) is 5.59. The van der Waals surface area contributed by atoms with E-state index < -0.39 is 4.92 Å². The molecule has 120 valence electrons. The third-order valence-electron chi connectivity index (χ3n) is 2.82. The Hall–Kier alpha value is -2.09. The minimum Gasteiger partial charge on any atom is -0.495 e. The molecule has 0 saturated carbocycles. The number of hydrogen-bond donors (Lipinski definition) is 2. The molecule has 0 spiro atoms. The fourth-order valence-corrected chi connectivity index (χ4v) is 2.39. The van der Waals surface area contributed by atoms with E-state index in [-0.39, 0.29) is 15.8 Å². The summed E-state index contributed by atoms with van der Waals surface area (Å²) in [6.07, 6.45) is 0. The quantitative estimate of drug-likeness (QED) is 0.460. The van der Waals surface area contributed by atoms with Crippen molar-refractivity contribution in [1.82, 2.24) is 0 Å². The number of methoxy groups -OCH3 is 1. The lowest BCUT2D eigenvalue weighted by molar-refractivity contribution is -0.384.